The first-order chi connectivity index (χ1) is 9.93. The molecule has 6 nitrogen and oxygen atoms in total. The largest absolute Gasteiger partial charge is 0.496 e. The minimum absolute atomic E-state index is 0.0453. The summed E-state index contributed by atoms with van der Waals surface area (Å²) < 4.78 is 5.09. The van der Waals surface area contributed by atoms with Crippen molar-refractivity contribution in [1.82, 2.24) is 16.2 Å². The van der Waals surface area contributed by atoms with Crippen molar-refractivity contribution in [3.8, 4) is 5.75 Å². The number of carbonyl (C=O) groups is 2. The maximum atomic E-state index is 12.0. The van der Waals surface area contributed by atoms with Gasteiger partial charge >= 0.3 is 0 Å². The number of benzene rings is 1. The highest BCUT2D eigenvalue weighted by atomic mass is 32.1. The van der Waals surface area contributed by atoms with E-state index in [2.05, 4.69) is 16.2 Å². The van der Waals surface area contributed by atoms with Crippen LogP contribution in [0.5, 0.6) is 5.75 Å². The molecule has 0 aliphatic carbocycles. The van der Waals surface area contributed by atoms with E-state index in [1.54, 1.807) is 24.3 Å². The molecule has 2 amide bonds. The Morgan fingerprint density at radius 3 is 2.52 bits per heavy atom. The highest BCUT2D eigenvalue weighted by molar-refractivity contribution is 7.80. The fraction of sp³-hybridized carbons (Fsp3) is 0.357. The van der Waals surface area contributed by atoms with Crippen LogP contribution in [0.3, 0.4) is 0 Å². The summed E-state index contributed by atoms with van der Waals surface area (Å²) in [6.45, 7) is 3.86. The van der Waals surface area contributed by atoms with Crippen molar-refractivity contribution in [1.29, 1.82) is 0 Å². The molecular weight excluding hydrogens is 290 g/mol. The number of para-hydroxylation sites is 1. The van der Waals surface area contributed by atoms with Gasteiger partial charge < -0.3 is 10.1 Å². The molecule has 7 heteroatoms. The van der Waals surface area contributed by atoms with Gasteiger partial charge in [0.05, 0.1) is 12.7 Å². The topological polar surface area (TPSA) is 79.5 Å². The number of hydrogen-bond donors (Lipinski definition) is 3. The lowest BCUT2D eigenvalue weighted by Gasteiger charge is -2.12. The van der Waals surface area contributed by atoms with Crippen molar-refractivity contribution in [2.24, 2.45) is 5.92 Å². The molecule has 0 aromatic heterocycles. The van der Waals surface area contributed by atoms with E-state index in [0.717, 1.165) is 0 Å². The molecule has 0 radical (unpaired) electrons. The number of nitrogens with one attached hydrogen (secondary N) is 3. The van der Waals surface area contributed by atoms with Crippen molar-refractivity contribution in [2.75, 3.05) is 7.11 Å². The van der Waals surface area contributed by atoms with E-state index in [-0.39, 0.29) is 16.9 Å². The first kappa shape index (κ1) is 16.9. The predicted octanol–water partition coefficient (Wildman–Crippen LogP) is 1.38. The van der Waals surface area contributed by atoms with Gasteiger partial charge in [0.15, 0.2) is 5.11 Å². The van der Waals surface area contributed by atoms with Crippen LogP contribution in [0, 0.1) is 5.92 Å². The van der Waals surface area contributed by atoms with Crippen molar-refractivity contribution < 1.29 is 14.3 Å². The van der Waals surface area contributed by atoms with Crippen LogP contribution < -0.4 is 20.9 Å². The number of hydrazine groups is 1. The quantitative estimate of drug-likeness (QED) is 0.578. The number of amides is 2. The molecule has 21 heavy (non-hydrogen) atoms. The Morgan fingerprint density at radius 1 is 1.24 bits per heavy atom. The standard InChI is InChI=1S/C14H19N3O3S/c1-9(2)8-12(18)15-14(21)17-16-13(19)10-6-4-5-7-11(10)20-3/h4-7,9H,8H2,1-3H3,(H,16,19)(H2,15,17,18,21). The Kier molecular flexibility index (Phi) is 6.61. The smallest absolute Gasteiger partial charge is 0.273 e. The van der Waals surface area contributed by atoms with Gasteiger partial charge in [0.1, 0.15) is 5.75 Å². The maximum absolute atomic E-state index is 12.0. The molecule has 114 valence electrons. The maximum Gasteiger partial charge on any atom is 0.273 e. The molecule has 0 fully saturated rings. The Hall–Kier alpha value is -2.15. The summed E-state index contributed by atoms with van der Waals surface area (Å²) in [5.74, 6) is 0.0736. The van der Waals surface area contributed by atoms with Gasteiger partial charge in [-0.2, -0.15) is 0 Å². The average Bonchev–Trinajstić information content (AvgIpc) is 2.43. The van der Waals surface area contributed by atoms with Gasteiger partial charge in [0.2, 0.25) is 5.91 Å². The van der Waals surface area contributed by atoms with E-state index in [0.29, 0.717) is 17.7 Å². The van der Waals surface area contributed by atoms with Gasteiger partial charge in [-0.15, -0.1) is 0 Å². The second-order valence-electron chi connectivity index (χ2n) is 4.75. The van der Waals surface area contributed by atoms with E-state index in [9.17, 15) is 9.59 Å². The van der Waals surface area contributed by atoms with E-state index in [1.807, 2.05) is 13.8 Å². The molecule has 0 aliphatic heterocycles. The summed E-state index contributed by atoms with van der Waals surface area (Å²) in [7, 11) is 1.48. The minimum Gasteiger partial charge on any atom is -0.496 e. The van der Waals surface area contributed by atoms with Crippen LogP contribution >= 0.6 is 12.2 Å². The second kappa shape index (κ2) is 8.21. The zero-order valence-corrected chi connectivity index (χ0v) is 13.0. The van der Waals surface area contributed by atoms with Gasteiger partial charge in [-0.25, -0.2) is 0 Å². The second-order valence-corrected chi connectivity index (χ2v) is 5.16. The Balaban J connectivity index is 2.49. The van der Waals surface area contributed by atoms with Crippen molar-refractivity contribution in [2.45, 2.75) is 20.3 Å². The molecule has 0 unspecified atom stereocenters. The molecule has 1 rings (SSSR count). The molecule has 0 saturated carbocycles. The Bertz CT molecular complexity index is 532. The molecule has 0 spiro atoms. The van der Waals surface area contributed by atoms with E-state index < -0.39 is 5.91 Å². The number of methoxy groups -OCH3 is 1. The number of hydrogen-bond acceptors (Lipinski definition) is 4. The van der Waals surface area contributed by atoms with Crippen LogP contribution in [0.25, 0.3) is 0 Å². The molecule has 1 aromatic carbocycles. The number of carbonyl (C=O) groups excluding carboxylic acids is 2. The van der Waals surface area contributed by atoms with Crippen LogP contribution in [0.1, 0.15) is 30.6 Å². The van der Waals surface area contributed by atoms with Gasteiger partial charge in [-0.1, -0.05) is 26.0 Å². The van der Waals surface area contributed by atoms with Gasteiger partial charge in [-0.05, 0) is 30.3 Å². The Morgan fingerprint density at radius 2 is 1.90 bits per heavy atom. The molecule has 1 aromatic rings. The van der Waals surface area contributed by atoms with Crippen LogP contribution in [-0.2, 0) is 4.79 Å². The number of rotatable bonds is 4. The molecule has 0 atom stereocenters. The van der Waals surface area contributed by atoms with Crippen molar-refractivity contribution in [3.63, 3.8) is 0 Å². The van der Waals surface area contributed by atoms with Crippen LogP contribution in [0.2, 0.25) is 0 Å². The molecule has 0 saturated heterocycles. The zero-order chi connectivity index (χ0) is 15.8. The first-order valence-electron chi connectivity index (χ1n) is 6.47. The first-order valence-corrected chi connectivity index (χ1v) is 6.88. The van der Waals surface area contributed by atoms with Crippen LogP contribution in [0.4, 0.5) is 0 Å². The fourth-order valence-electron chi connectivity index (χ4n) is 1.59. The lowest BCUT2D eigenvalue weighted by Crippen LogP contribution is -2.48. The predicted molar refractivity (Wildman–Crippen MR) is 83.8 cm³/mol. The summed E-state index contributed by atoms with van der Waals surface area (Å²) in [5.41, 5.74) is 5.25. The SMILES string of the molecule is COc1ccccc1C(=O)NNC(=S)NC(=O)CC(C)C. The molecule has 0 heterocycles. The molecular formula is C14H19N3O3S. The highest BCUT2D eigenvalue weighted by Gasteiger charge is 2.12. The summed E-state index contributed by atoms with van der Waals surface area (Å²) in [6.07, 6.45) is 0.363. The fourth-order valence-corrected chi connectivity index (χ4v) is 1.76. The third-order valence-electron chi connectivity index (χ3n) is 2.49. The molecule has 0 bridgehead atoms. The monoisotopic (exact) mass is 309 g/mol. The zero-order valence-electron chi connectivity index (χ0n) is 12.2. The summed E-state index contributed by atoms with van der Waals surface area (Å²) >= 11 is 4.92. The van der Waals surface area contributed by atoms with Crippen LogP contribution in [0.15, 0.2) is 24.3 Å². The summed E-state index contributed by atoms with van der Waals surface area (Å²) in [4.78, 5) is 23.5. The number of thiocarbonyl (C=S) groups is 1. The van der Waals surface area contributed by atoms with Gasteiger partial charge in [-0.3, -0.25) is 20.4 Å². The van der Waals surface area contributed by atoms with E-state index in [4.69, 9.17) is 17.0 Å². The van der Waals surface area contributed by atoms with E-state index >= 15 is 0 Å². The third-order valence-corrected chi connectivity index (χ3v) is 2.69. The average molecular weight is 309 g/mol. The normalized spacial score (nSPS) is 9.90. The lowest BCUT2D eigenvalue weighted by atomic mass is 10.1. The van der Waals surface area contributed by atoms with Crippen molar-refractivity contribution >= 4 is 29.1 Å². The third kappa shape index (κ3) is 5.78. The minimum atomic E-state index is -0.409. The Labute approximate surface area is 129 Å². The lowest BCUT2D eigenvalue weighted by molar-refractivity contribution is -0.120. The van der Waals surface area contributed by atoms with Gasteiger partial charge in [0.25, 0.3) is 5.91 Å². The summed E-state index contributed by atoms with van der Waals surface area (Å²) in [6, 6.07) is 6.79. The van der Waals surface area contributed by atoms with Crippen LogP contribution in [-0.4, -0.2) is 24.0 Å². The number of ether oxygens (including phenoxy) is 1. The highest BCUT2D eigenvalue weighted by Crippen LogP contribution is 2.16. The van der Waals surface area contributed by atoms with Gasteiger partial charge in [0, 0.05) is 6.42 Å². The molecule has 3 N–H and O–H groups in total. The molecule has 0 aliphatic rings. The van der Waals surface area contributed by atoms with Crippen molar-refractivity contribution in [3.05, 3.63) is 29.8 Å². The summed E-state index contributed by atoms with van der Waals surface area (Å²) in [5, 5.41) is 2.53. The van der Waals surface area contributed by atoms with E-state index in [1.165, 1.54) is 7.11 Å².